The van der Waals surface area contributed by atoms with Crippen LogP contribution in [0.3, 0.4) is 0 Å². The van der Waals surface area contributed by atoms with Gasteiger partial charge in [-0.1, -0.05) is 12.1 Å². The normalized spacial score (nSPS) is 10.6. The fourth-order valence-corrected chi connectivity index (χ4v) is 3.39. The molecule has 0 spiro atoms. The van der Waals surface area contributed by atoms with Crippen LogP contribution in [-0.2, 0) is 0 Å². The molecule has 0 aliphatic carbocycles. The molecular weight excluding hydrogens is 315 g/mol. The highest BCUT2D eigenvalue weighted by atomic mass is 127. The van der Waals surface area contributed by atoms with Gasteiger partial charge >= 0.3 is 5.97 Å². The van der Waals surface area contributed by atoms with Crippen LogP contribution in [0.2, 0.25) is 0 Å². The molecule has 0 amide bonds. The summed E-state index contributed by atoms with van der Waals surface area (Å²) in [5, 5.41) is 19.1. The number of aromatic carboxylic acids is 1. The zero-order chi connectivity index (χ0) is 10.3. The Kier molecular flexibility index (Phi) is 2.36. The maximum Gasteiger partial charge on any atom is 0.338 e. The molecule has 72 valence electrons. The molecule has 0 radical (unpaired) electrons. The van der Waals surface area contributed by atoms with E-state index in [-0.39, 0.29) is 11.3 Å². The second kappa shape index (κ2) is 3.39. The Hall–Kier alpha value is -0.820. The number of benzene rings is 1. The van der Waals surface area contributed by atoms with Crippen LogP contribution in [0.1, 0.15) is 10.4 Å². The van der Waals surface area contributed by atoms with Gasteiger partial charge < -0.3 is 10.2 Å². The van der Waals surface area contributed by atoms with Crippen LogP contribution in [0.25, 0.3) is 10.1 Å². The van der Waals surface area contributed by atoms with Crippen LogP contribution in [-0.4, -0.2) is 16.2 Å². The van der Waals surface area contributed by atoms with Gasteiger partial charge in [-0.15, -0.1) is 11.3 Å². The van der Waals surface area contributed by atoms with Crippen molar-refractivity contribution in [1.82, 2.24) is 0 Å². The Bertz CT molecular complexity index is 518. The van der Waals surface area contributed by atoms with Gasteiger partial charge in [-0.2, -0.15) is 0 Å². The molecule has 0 bridgehead atoms. The van der Waals surface area contributed by atoms with Crippen LogP contribution in [0, 0.1) is 2.88 Å². The lowest BCUT2D eigenvalue weighted by molar-refractivity contribution is 0.0698. The molecule has 14 heavy (non-hydrogen) atoms. The number of carboxylic acid groups (broad SMARTS) is 1. The third-order valence-corrected chi connectivity index (χ3v) is 4.08. The van der Waals surface area contributed by atoms with Gasteiger partial charge in [-0.25, -0.2) is 4.79 Å². The number of phenolic OH excluding ortho intramolecular Hbond substituents is 1. The largest absolute Gasteiger partial charge is 0.506 e. The molecular formula is C9H5IO3S. The van der Waals surface area contributed by atoms with Crippen LogP contribution in [0.4, 0.5) is 0 Å². The number of fused-ring (bicyclic) bond motifs is 1. The Morgan fingerprint density at radius 3 is 2.79 bits per heavy atom. The number of thiophene rings is 1. The lowest BCUT2D eigenvalue weighted by atomic mass is 10.2. The molecule has 5 heteroatoms. The molecule has 1 aromatic carbocycles. The average molecular weight is 320 g/mol. The Labute approximate surface area is 97.1 Å². The van der Waals surface area contributed by atoms with Crippen molar-refractivity contribution < 1.29 is 15.0 Å². The second-order valence-corrected chi connectivity index (χ2v) is 5.54. The van der Waals surface area contributed by atoms with Crippen molar-refractivity contribution >= 4 is 50.0 Å². The molecule has 0 fully saturated rings. The highest BCUT2D eigenvalue weighted by Gasteiger charge is 2.17. The number of hydrogen-bond donors (Lipinski definition) is 2. The molecule has 0 saturated heterocycles. The summed E-state index contributed by atoms with van der Waals surface area (Å²) < 4.78 is 1.32. The van der Waals surface area contributed by atoms with Crippen LogP contribution < -0.4 is 0 Å². The zero-order valence-electron chi connectivity index (χ0n) is 6.82. The lowest BCUT2D eigenvalue weighted by Gasteiger charge is -1.94. The van der Waals surface area contributed by atoms with E-state index in [0.29, 0.717) is 13.0 Å². The fraction of sp³-hybridized carbons (Fsp3) is 0. The summed E-state index contributed by atoms with van der Waals surface area (Å²) in [7, 11) is 0. The summed E-state index contributed by atoms with van der Waals surface area (Å²) in [6, 6.07) is 4.91. The number of halogens is 1. The number of rotatable bonds is 1. The number of aromatic hydroxyl groups is 1. The number of phenols is 1. The predicted octanol–water partition coefficient (Wildman–Crippen LogP) is 2.91. The average Bonchev–Trinajstić information content (AvgIpc) is 2.42. The zero-order valence-corrected chi connectivity index (χ0v) is 9.79. The SMILES string of the molecule is O=C(O)c1c(I)sc2c(O)cccc12. The molecule has 0 atom stereocenters. The molecule has 0 unspecified atom stereocenters. The standard InChI is InChI=1S/C9H5IO3S/c10-8-6(9(12)13)4-2-1-3-5(11)7(4)14-8/h1-3,11H,(H,12,13). The summed E-state index contributed by atoms with van der Waals surface area (Å²) in [4.78, 5) is 10.9. The fourth-order valence-electron chi connectivity index (χ4n) is 1.27. The van der Waals surface area contributed by atoms with Gasteiger partial charge in [-0.3, -0.25) is 0 Å². The molecule has 2 N–H and O–H groups in total. The van der Waals surface area contributed by atoms with Gasteiger partial charge in [0.2, 0.25) is 0 Å². The first-order valence-corrected chi connectivity index (χ1v) is 5.64. The maximum atomic E-state index is 10.9. The maximum absolute atomic E-state index is 10.9. The first-order valence-electron chi connectivity index (χ1n) is 3.74. The minimum atomic E-state index is -0.953. The van der Waals surface area contributed by atoms with Crippen molar-refractivity contribution in [3.05, 3.63) is 26.6 Å². The molecule has 1 aromatic heterocycles. The highest BCUT2D eigenvalue weighted by Crippen LogP contribution is 2.37. The summed E-state index contributed by atoms with van der Waals surface area (Å²) in [5.41, 5.74) is 0.279. The van der Waals surface area contributed by atoms with Gasteiger partial charge in [0.25, 0.3) is 0 Å². The van der Waals surface area contributed by atoms with Crippen molar-refractivity contribution in [1.29, 1.82) is 0 Å². The van der Waals surface area contributed by atoms with E-state index in [2.05, 4.69) is 0 Å². The molecule has 1 heterocycles. The van der Waals surface area contributed by atoms with Crippen molar-refractivity contribution in [3.63, 3.8) is 0 Å². The van der Waals surface area contributed by atoms with E-state index in [1.54, 1.807) is 18.2 Å². The smallest absolute Gasteiger partial charge is 0.338 e. The minimum absolute atomic E-state index is 0.137. The topological polar surface area (TPSA) is 57.5 Å². The first kappa shape index (κ1) is 9.72. The highest BCUT2D eigenvalue weighted by molar-refractivity contribution is 14.1. The first-order chi connectivity index (χ1) is 6.61. The molecule has 0 aliphatic heterocycles. The van der Waals surface area contributed by atoms with Gasteiger partial charge in [0, 0.05) is 5.39 Å². The third kappa shape index (κ3) is 1.36. The van der Waals surface area contributed by atoms with E-state index in [1.165, 1.54) is 11.3 Å². The van der Waals surface area contributed by atoms with E-state index in [4.69, 9.17) is 5.11 Å². The summed E-state index contributed by atoms with van der Waals surface area (Å²) in [6.45, 7) is 0. The summed E-state index contributed by atoms with van der Waals surface area (Å²) >= 11 is 3.26. The van der Waals surface area contributed by atoms with E-state index in [1.807, 2.05) is 22.6 Å². The van der Waals surface area contributed by atoms with E-state index >= 15 is 0 Å². The van der Waals surface area contributed by atoms with Gasteiger partial charge in [0.05, 0.1) is 13.1 Å². The number of hydrogen-bond acceptors (Lipinski definition) is 3. The minimum Gasteiger partial charge on any atom is -0.506 e. The molecule has 2 rings (SSSR count). The van der Waals surface area contributed by atoms with Crippen LogP contribution >= 0.6 is 33.9 Å². The van der Waals surface area contributed by atoms with Crippen LogP contribution in [0.15, 0.2) is 18.2 Å². The lowest BCUT2D eigenvalue weighted by Crippen LogP contribution is -1.95. The van der Waals surface area contributed by atoms with Crippen LogP contribution in [0.5, 0.6) is 5.75 Å². The van der Waals surface area contributed by atoms with E-state index in [0.717, 1.165) is 0 Å². The molecule has 3 nitrogen and oxygen atoms in total. The predicted molar refractivity (Wildman–Crippen MR) is 63.2 cm³/mol. The van der Waals surface area contributed by atoms with Crippen molar-refractivity contribution in [3.8, 4) is 5.75 Å². The third-order valence-electron chi connectivity index (χ3n) is 1.87. The van der Waals surface area contributed by atoms with Gasteiger partial charge in [0.15, 0.2) is 0 Å². The molecule has 0 saturated carbocycles. The number of carbonyl (C=O) groups is 1. The summed E-state index contributed by atoms with van der Waals surface area (Å²) in [6.07, 6.45) is 0. The monoisotopic (exact) mass is 320 g/mol. The van der Waals surface area contributed by atoms with Crippen molar-refractivity contribution in [2.75, 3.05) is 0 Å². The van der Waals surface area contributed by atoms with E-state index < -0.39 is 5.97 Å². The van der Waals surface area contributed by atoms with Gasteiger partial charge in [-0.05, 0) is 28.7 Å². The van der Waals surface area contributed by atoms with E-state index in [9.17, 15) is 9.90 Å². The quantitative estimate of drug-likeness (QED) is 0.795. The second-order valence-electron chi connectivity index (χ2n) is 2.71. The number of carboxylic acids is 1. The molecule has 0 aliphatic rings. The van der Waals surface area contributed by atoms with Gasteiger partial charge in [0.1, 0.15) is 5.75 Å². The summed E-state index contributed by atoms with van der Waals surface area (Å²) in [5.74, 6) is -0.816. The Morgan fingerprint density at radius 1 is 1.43 bits per heavy atom. The Morgan fingerprint density at radius 2 is 2.14 bits per heavy atom. The van der Waals surface area contributed by atoms with Crippen molar-refractivity contribution in [2.45, 2.75) is 0 Å². The molecule has 2 aromatic rings. The Balaban J connectivity index is 2.90. The van der Waals surface area contributed by atoms with Crippen molar-refractivity contribution in [2.24, 2.45) is 0 Å².